The van der Waals surface area contributed by atoms with Crippen LogP contribution in [0.4, 0.5) is 4.39 Å². The van der Waals surface area contributed by atoms with E-state index in [0.29, 0.717) is 24.0 Å². The highest BCUT2D eigenvalue weighted by atomic mass is 35.5. The van der Waals surface area contributed by atoms with Gasteiger partial charge in [-0.15, -0.1) is 0 Å². The Hall–Kier alpha value is -2.02. The van der Waals surface area contributed by atoms with Crippen LogP contribution in [0.3, 0.4) is 0 Å². The van der Waals surface area contributed by atoms with Crippen LogP contribution in [0.1, 0.15) is 28.9 Å². The molecule has 0 bridgehead atoms. The number of carbonyl (C=O) groups excluding carboxylic acids is 1. The van der Waals surface area contributed by atoms with Crippen LogP contribution < -0.4 is 4.74 Å². The fraction of sp³-hybridized carbons (Fsp3) is 0.250. The Kier molecular flexibility index (Phi) is 4.56. The molecule has 7 heteroatoms. The van der Waals surface area contributed by atoms with Crippen LogP contribution in [0.5, 0.6) is 11.6 Å². The molecule has 120 valence electrons. The molecule has 3 rings (SSSR count). The second-order valence-corrected chi connectivity index (χ2v) is 5.18. The molecule has 2 aromatic rings. The van der Waals surface area contributed by atoms with E-state index in [1.807, 2.05) is 6.92 Å². The van der Waals surface area contributed by atoms with Crippen molar-refractivity contribution in [1.29, 1.82) is 0 Å². The zero-order chi connectivity index (χ0) is 16.4. The van der Waals surface area contributed by atoms with Gasteiger partial charge in [-0.1, -0.05) is 17.7 Å². The molecule has 2 unspecified atom stereocenters. The molecule has 5 nitrogen and oxygen atoms in total. The van der Waals surface area contributed by atoms with E-state index in [2.05, 4.69) is 4.98 Å². The van der Waals surface area contributed by atoms with Crippen LogP contribution in [0.2, 0.25) is 5.02 Å². The lowest BCUT2D eigenvalue weighted by atomic mass is 10.1. The molecule has 1 aliphatic heterocycles. The van der Waals surface area contributed by atoms with Crippen molar-refractivity contribution < 1.29 is 23.4 Å². The number of pyridine rings is 1. The second-order valence-electron chi connectivity index (χ2n) is 4.77. The summed E-state index contributed by atoms with van der Waals surface area (Å²) in [4.78, 5) is 15.4. The highest BCUT2D eigenvalue weighted by Gasteiger charge is 2.45. The molecule has 2 heterocycles. The number of aldehydes is 1. The van der Waals surface area contributed by atoms with Crippen molar-refractivity contribution in [1.82, 2.24) is 4.98 Å². The summed E-state index contributed by atoms with van der Waals surface area (Å²) < 4.78 is 30.2. The smallest absolute Gasteiger partial charge is 0.226 e. The van der Waals surface area contributed by atoms with E-state index in [9.17, 15) is 9.18 Å². The van der Waals surface area contributed by atoms with Gasteiger partial charge in [0, 0.05) is 18.4 Å². The van der Waals surface area contributed by atoms with Crippen LogP contribution in [0.15, 0.2) is 30.5 Å². The molecule has 0 N–H and O–H groups in total. The van der Waals surface area contributed by atoms with Crippen LogP contribution >= 0.6 is 11.6 Å². The summed E-state index contributed by atoms with van der Waals surface area (Å²) >= 11 is 5.96. The largest absolute Gasteiger partial charge is 0.434 e. The van der Waals surface area contributed by atoms with Crippen LogP contribution in [0.25, 0.3) is 0 Å². The van der Waals surface area contributed by atoms with Gasteiger partial charge in [0.1, 0.15) is 6.10 Å². The van der Waals surface area contributed by atoms with Crippen molar-refractivity contribution in [3.63, 3.8) is 0 Å². The monoisotopic (exact) mass is 337 g/mol. The van der Waals surface area contributed by atoms with E-state index < -0.39 is 18.2 Å². The predicted octanol–water partition coefficient (Wildman–Crippen LogP) is 3.91. The van der Waals surface area contributed by atoms with Gasteiger partial charge in [-0.25, -0.2) is 9.37 Å². The molecule has 23 heavy (non-hydrogen) atoms. The summed E-state index contributed by atoms with van der Waals surface area (Å²) in [5, 5.41) is 0.104. The molecule has 0 saturated carbocycles. The number of hydrogen-bond acceptors (Lipinski definition) is 5. The third-order valence-corrected chi connectivity index (χ3v) is 3.60. The summed E-state index contributed by atoms with van der Waals surface area (Å²) in [6.45, 7) is 2.30. The van der Waals surface area contributed by atoms with E-state index in [-0.39, 0.29) is 16.7 Å². The van der Waals surface area contributed by atoms with E-state index in [1.165, 1.54) is 30.5 Å². The molecule has 0 aliphatic carbocycles. The fourth-order valence-corrected chi connectivity index (χ4v) is 2.41. The minimum atomic E-state index is -0.625. The van der Waals surface area contributed by atoms with Crippen molar-refractivity contribution in [2.24, 2.45) is 0 Å². The summed E-state index contributed by atoms with van der Waals surface area (Å²) in [6.07, 6.45) is 1.11. The molecule has 1 fully saturated rings. The standard InChI is InChI=1S/C16H13ClFNO4/c1-2-21-16-14(23-16)12-9(8-20)6-7-19-15(12)22-13-10(17)4-3-5-11(13)18/h3-8,14,16H,2H2,1H3. The minimum absolute atomic E-state index is 0.0637. The number of nitrogens with zero attached hydrogens (tertiary/aromatic N) is 1. The first-order chi connectivity index (χ1) is 11.2. The molecule has 0 radical (unpaired) electrons. The Labute approximate surface area is 136 Å². The third-order valence-electron chi connectivity index (χ3n) is 3.30. The summed E-state index contributed by atoms with van der Waals surface area (Å²) in [6, 6.07) is 5.72. The second kappa shape index (κ2) is 6.62. The van der Waals surface area contributed by atoms with Gasteiger partial charge in [-0.2, -0.15) is 0 Å². The Bertz CT molecular complexity index is 720. The van der Waals surface area contributed by atoms with Gasteiger partial charge in [-0.05, 0) is 25.1 Å². The topological polar surface area (TPSA) is 61.0 Å². The molecule has 0 spiro atoms. The maximum absolute atomic E-state index is 13.9. The SMILES string of the molecule is CCOC1OC1c1c(C=O)ccnc1Oc1c(F)cccc1Cl. The highest BCUT2D eigenvalue weighted by Crippen LogP contribution is 2.45. The minimum Gasteiger partial charge on any atom is -0.434 e. The molecule has 1 aromatic heterocycles. The Morgan fingerprint density at radius 2 is 2.26 bits per heavy atom. The number of para-hydroxylation sites is 1. The fourth-order valence-electron chi connectivity index (χ4n) is 2.21. The van der Waals surface area contributed by atoms with Crippen molar-refractivity contribution in [3.8, 4) is 11.6 Å². The van der Waals surface area contributed by atoms with E-state index in [0.717, 1.165) is 0 Å². The summed E-state index contributed by atoms with van der Waals surface area (Å²) in [5.41, 5.74) is 0.759. The number of aromatic nitrogens is 1. The maximum Gasteiger partial charge on any atom is 0.226 e. The molecule has 0 amide bonds. The molecule has 1 saturated heterocycles. The first-order valence-electron chi connectivity index (χ1n) is 6.98. The lowest BCUT2D eigenvalue weighted by molar-refractivity contribution is 0.0593. The van der Waals surface area contributed by atoms with Crippen molar-refractivity contribution >= 4 is 17.9 Å². The van der Waals surface area contributed by atoms with Gasteiger partial charge in [0.2, 0.25) is 5.88 Å². The highest BCUT2D eigenvalue weighted by molar-refractivity contribution is 6.32. The van der Waals surface area contributed by atoms with Crippen molar-refractivity contribution in [2.75, 3.05) is 6.61 Å². The van der Waals surface area contributed by atoms with E-state index in [4.69, 9.17) is 25.8 Å². The van der Waals surface area contributed by atoms with Gasteiger partial charge < -0.3 is 14.2 Å². The number of ether oxygens (including phenoxy) is 3. The Balaban J connectivity index is 1.98. The van der Waals surface area contributed by atoms with Crippen LogP contribution in [-0.4, -0.2) is 24.2 Å². The average molecular weight is 338 g/mol. The average Bonchev–Trinajstić information content (AvgIpc) is 3.30. The van der Waals surface area contributed by atoms with Gasteiger partial charge in [0.05, 0.1) is 10.6 Å². The first-order valence-corrected chi connectivity index (χ1v) is 7.36. The number of benzene rings is 1. The number of hydrogen-bond donors (Lipinski definition) is 0. The quantitative estimate of drug-likeness (QED) is 0.590. The van der Waals surface area contributed by atoms with Crippen molar-refractivity contribution in [2.45, 2.75) is 19.3 Å². The zero-order valence-electron chi connectivity index (χ0n) is 12.2. The predicted molar refractivity (Wildman–Crippen MR) is 80.3 cm³/mol. The van der Waals surface area contributed by atoms with Crippen LogP contribution in [-0.2, 0) is 9.47 Å². The lowest BCUT2D eigenvalue weighted by Crippen LogP contribution is -2.03. The maximum atomic E-state index is 13.9. The Morgan fingerprint density at radius 1 is 1.43 bits per heavy atom. The number of halogens is 2. The molecule has 1 aromatic carbocycles. The molecular formula is C16H13ClFNO4. The summed E-state index contributed by atoms with van der Waals surface area (Å²) in [5.74, 6) is -0.715. The van der Waals surface area contributed by atoms with E-state index >= 15 is 0 Å². The van der Waals surface area contributed by atoms with Gasteiger partial charge >= 0.3 is 0 Å². The zero-order valence-corrected chi connectivity index (χ0v) is 12.9. The van der Waals surface area contributed by atoms with Gasteiger partial charge in [0.25, 0.3) is 0 Å². The van der Waals surface area contributed by atoms with Crippen LogP contribution in [0, 0.1) is 5.82 Å². The van der Waals surface area contributed by atoms with E-state index in [1.54, 1.807) is 0 Å². The van der Waals surface area contributed by atoms with Crippen molar-refractivity contribution in [3.05, 3.63) is 52.4 Å². The first kappa shape index (κ1) is 15.9. The number of epoxide rings is 1. The van der Waals surface area contributed by atoms with Gasteiger partial charge in [0.15, 0.2) is 24.1 Å². The number of rotatable bonds is 6. The molecular weight excluding hydrogens is 325 g/mol. The summed E-state index contributed by atoms with van der Waals surface area (Å²) in [7, 11) is 0. The Morgan fingerprint density at radius 3 is 2.96 bits per heavy atom. The number of carbonyl (C=O) groups is 1. The van der Waals surface area contributed by atoms with Gasteiger partial charge in [-0.3, -0.25) is 4.79 Å². The molecule has 1 aliphatic rings. The third kappa shape index (κ3) is 3.19. The normalized spacial score (nSPS) is 19.4. The molecule has 2 atom stereocenters. The lowest BCUT2D eigenvalue weighted by Gasteiger charge is -2.12.